The van der Waals surface area contributed by atoms with Crippen molar-refractivity contribution in [2.75, 3.05) is 0 Å². The van der Waals surface area contributed by atoms with Crippen LogP contribution in [0.5, 0.6) is 5.75 Å². The molecule has 3 N–H and O–H groups in total. The lowest BCUT2D eigenvalue weighted by Gasteiger charge is -2.18. The minimum atomic E-state index is -0.747. The van der Waals surface area contributed by atoms with E-state index >= 15 is 0 Å². The molecule has 0 radical (unpaired) electrons. The molecule has 0 aliphatic carbocycles. The van der Waals surface area contributed by atoms with Gasteiger partial charge in [-0.2, -0.15) is 0 Å². The van der Waals surface area contributed by atoms with Gasteiger partial charge in [0.1, 0.15) is 5.75 Å². The molecule has 0 aliphatic rings. The topological polar surface area (TPSA) is 72.6 Å². The van der Waals surface area contributed by atoms with Crippen molar-refractivity contribution in [1.82, 2.24) is 0 Å². The van der Waals surface area contributed by atoms with E-state index in [0.29, 0.717) is 11.3 Å². The van der Waals surface area contributed by atoms with Crippen molar-refractivity contribution in [1.29, 1.82) is 0 Å². The molecule has 2 rings (SSSR count). The highest BCUT2D eigenvalue weighted by Crippen LogP contribution is 2.34. The third kappa shape index (κ3) is 2.69. The Morgan fingerprint density at radius 1 is 1.21 bits per heavy atom. The van der Waals surface area contributed by atoms with Gasteiger partial charge in [0.15, 0.2) is 6.10 Å². The molecular formula is C15H17NO3. The van der Waals surface area contributed by atoms with Crippen LogP contribution in [-0.2, 0) is 4.79 Å². The third-order valence-corrected chi connectivity index (χ3v) is 3.06. The lowest BCUT2D eigenvalue weighted by atomic mass is 10.0. The van der Waals surface area contributed by atoms with E-state index in [1.165, 1.54) is 0 Å². The fourth-order valence-electron chi connectivity index (χ4n) is 1.96. The predicted octanol–water partition coefficient (Wildman–Crippen LogP) is 2.15. The number of rotatable bonds is 4. The fourth-order valence-corrected chi connectivity index (χ4v) is 1.96. The minimum Gasteiger partial charge on any atom is -0.480 e. The number of carbonyl (C=O) groups excluding carboxylic acids is 1. The molecular weight excluding hydrogens is 242 g/mol. The molecule has 0 fully saturated rings. The van der Waals surface area contributed by atoms with Crippen LogP contribution in [0.3, 0.4) is 0 Å². The first-order chi connectivity index (χ1) is 9.00. The molecule has 0 heterocycles. The summed E-state index contributed by atoms with van der Waals surface area (Å²) in [5.74, 6) is -0.0242. The van der Waals surface area contributed by atoms with Gasteiger partial charge in [0.25, 0.3) is 5.91 Å². The quantitative estimate of drug-likeness (QED) is 0.883. The van der Waals surface area contributed by atoms with Gasteiger partial charge < -0.3 is 15.6 Å². The summed E-state index contributed by atoms with van der Waals surface area (Å²) in [7, 11) is 0. The average molecular weight is 259 g/mol. The summed E-state index contributed by atoms with van der Waals surface area (Å²) in [6.45, 7) is 3.25. The van der Waals surface area contributed by atoms with Crippen LogP contribution >= 0.6 is 0 Å². The smallest absolute Gasteiger partial charge is 0.258 e. The number of primary amides is 1. The maximum atomic E-state index is 11.2. The Morgan fingerprint density at radius 3 is 2.53 bits per heavy atom. The normalized spacial score (nSPS) is 14.1. The molecule has 2 aromatic rings. The first-order valence-corrected chi connectivity index (χ1v) is 6.16. The van der Waals surface area contributed by atoms with E-state index in [-0.39, 0.29) is 0 Å². The molecule has 19 heavy (non-hydrogen) atoms. The second-order valence-corrected chi connectivity index (χ2v) is 4.54. The number of aliphatic hydroxyl groups is 1. The molecule has 0 spiro atoms. The Balaban J connectivity index is 2.59. The van der Waals surface area contributed by atoms with Gasteiger partial charge in [-0.25, -0.2) is 0 Å². The van der Waals surface area contributed by atoms with Crippen molar-refractivity contribution in [2.24, 2.45) is 5.73 Å². The fraction of sp³-hybridized carbons (Fsp3) is 0.267. The van der Waals surface area contributed by atoms with Gasteiger partial charge in [-0.15, -0.1) is 0 Å². The summed E-state index contributed by atoms with van der Waals surface area (Å²) in [5.41, 5.74) is 5.87. The van der Waals surface area contributed by atoms with Gasteiger partial charge in [-0.1, -0.05) is 36.4 Å². The van der Waals surface area contributed by atoms with Gasteiger partial charge >= 0.3 is 0 Å². The number of carbonyl (C=O) groups is 1. The van der Waals surface area contributed by atoms with Crippen LogP contribution in [0.1, 0.15) is 25.5 Å². The first kappa shape index (κ1) is 13.4. The van der Waals surface area contributed by atoms with Crippen LogP contribution in [0.25, 0.3) is 10.8 Å². The Hall–Kier alpha value is -2.07. The van der Waals surface area contributed by atoms with Crippen LogP contribution in [0, 0.1) is 0 Å². The number of amides is 1. The number of nitrogens with two attached hydrogens (primary N) is 1. The zero-order chi connectivity index (χ0) is 14.0. The first-order valence-electron chi connectivity index (χ1n) is 6.16. The number of aliphatic hydroxyl groups excluding tert-OH is 1. The second-order valence-electron chi connectivity index (χ2n) is 4.54. The molecule has 2 unspecified atom stereocenters. The van der Waals surface area contributed by atoms with E-state index in [1.807, 2.05) is 30.3 Å². The number of benzene rings is 2. The summed E-state index contributed by atoms with van der Waals surface area (Å²) in [5, 5.41) is 11.7. The lowest BCUT2D eigenvalue weighted by molar-refractivity contribution is -0.123. The van der Waals surface area contributed by atoms with Crippen molar-refractivity contribution >= 4 is 16.7 Å². The zero-order valence-electron chi connectivity index (χ0n) is 11.0. The number of hydrogen-bond donors (Lipinski definition) is 2. The van der Waals surface area contributed by atoms with Crippen molar-refractivity contribution < 1.29 is 14.6 Å². The molecule has 2 aromatic carbocycles. The summed E-state index contributed by atoms with van der Waals surface area (Å²) in [6, 6.07) is 11.4. The number of fused-ring (bicyclic) bond motifs is 1. The zero-order valence-corrected chi connectivity index (χ0v) is 11.0. The highest BCUT2D eigenvalue weighted by molar-refractivity contribution is 5.90. The van der Waals surface area contributed by atoms with E-state index in [4.69, 9.17) is 10.5 Å². The Labute approximate surface area is 111 Å². The molecule has 0 aromatic heterocycles. The molecule has 4 heteroatoms. The second kappa shape index (κ2) is 5.28. The summed E-state index contributed by atoms with van der Waals surface area (Å²) in [4.78, 5) is 11.2. The van der Waals surface area contributed by atoms with E-state index in [1.54, 1.807) is 19.9 Å². The predicted molar refractivity (Wildman–Crippen MR) is 73.9 cm³/mol. The maximum absolute atomic E-state index is 11.2. The average Bonchev–Trinajstić information content (AvgIpc) is 2.38. The number of ether oxygens (including phenoxy) is 1. The van der Waals surface area contributed by atoms with Gasteiger partial charge in [0.05, 0.1) is 6.10 Å². The SMILES string of the molecule is CC(Oc1c(C(C)O)ccc2ccccc12)C(N)=O. The number of hydrogen-bond acceptors (Lipinski definition) is 3. The van der Waals surface area contributed by atoms with Gasteiger partial charge in [-0.3, -0.25) is 4.79 Å². The third-order valence-electron chi connectivity index (χ3n) is 3.06. The van der Waals surface area contributed by atoms with E-state index in [0.717, 1.165) is 10.8 Å². The Kier molecular flexibility index (Phi) is 3.71. The molecule has 1 amide bonds. The molecule has 4 nitrogen and oxygen atoms in total. The Morgan fingerprint density at radius 2 is 1.89 bits per heavy atom. The highest BCUT2D eigenvalue weighted by atomic mass is 16.5. The minimum absolute atomic E-state index is 0.513. The van der Waals surface area contributed by atoms with Crippen LogP contribution in [0.4, 0.5) is 0 Å². The summed E-state index contributed by atoms with van der Waals surface area (Å²) >= 11 is 0. The van der Waals surface area contributed by atoms with Gasteiger partial charge in [0, 0.05) is 10.9 Å². The molecule has 0 aliphatic heterocycles. The largest absolute Gasteiger partial charge is 0.480 e. The van der Waals surface area contributed by atoms with Gasteiger partial charge in [0.2, 0.25) is 0 Å². The van der Waals surface area contributed by atoms with Crippen molar-refractivity contribution in [2.45, 2.75) is 26.1 Å². The molecule has 2 atom stereocenters. The van der Waals surface area contributed by atoms with Crippen molar-refractivity contribution in [3.63, 3.8) is 0 Å². The molecule has 0 saturated heterocycles. The molecule has 0 bridgehead atoms. The van der Waals surface area contributed by atoms with E-state index < -0.39 is 18.1 Å². The van der Waals surface area contributed by atoms with Crippen LogP contribution in [0.2, 0.25) is 0 Å². The van der Waals surface area contributed by atoms with Crippen LogP contribution in [-0.4, -0.2) is 17.1 Å². The van der Waals surface area contributed by atoms with E-state index in [2.05, 4.69) is 0 Å². The van der Waals surface area contributed by atoms with E-state index in [9.17, 15) is 9.90 Å². The maximum Gasteiger partial charge on any atom is 0.258 e. The lowest BCUT2D eigenvalue weighted by Crippen LogP contribution is -2.31. The van der Waals surface area contributed by atoms with Crippen LogP contribution in [0.15, 0.2) is 36.4 Å². The monoisotopic (exact) mass is 259 g/mol. The van der Waals surface area contributed by atoms with Crippen LogP contribution < -0.4 is 10.5 Å². The Bertz CT molecular complexity index is 607. The standard InChI is InChI=1S/C15H17NO3/c1-9(17)12-8-7-11-5-3-4-6-13(11)14(12)19-10(2)15(16)18/h3-10,17H,1-2H3,(H2,16,18). The van der Waals surface area contributed by atoms with Crippen molar-refractivity contribution in [3.8, 4) is 5.75 Å². The van der Waals surface area contributed by atoms with Crippen molar-refractivity contribution in [3.05, 3.63) is 42.0 Å². The molecule has 0 saturated carbocycles. The van der Waals surface area contributed by atoms with Gasteiger partial charge in [-0.05, 0) is 19.2 Å². The summed E-state index contributed by atoms with van der Waals surface area (Å²) in [6.07, 6.45) is -1.43. The summed E-state index contributed by atoms with van der Waals surface area (Å²) < 4.78 is 5.65. The highest BCUT2D eigenvalue weighted by Gasteiger charge is 2.17. The molecule has 100 valence electrons.